The van der Waals surface area contributed by atoms with Crippen LogP contribution in [0.2, 0.25) is 0 Å². The van der Waals surface area contributed by atoms with E-state index in [1.807, 2.05) is 31.2 Å². The van der Waals surface area contributed by atoms with Crippen molar-refractivity contribution < 1.29 is 4.79 Å². The van der Waals surface area contributed by atoms with Crippen LogP contribution in [0.25, 0.3) is 0 Å². The average molecular weight is 347 g/mol. The molecular weight excluding hydrogens is 332 g/mol. The molecule has 2 aromatic rings. The van der Waals surface area contributed by atoms with Crippen LogP contribution in [-0.2, 0) is 0 Å². The Kier molecular flexibility index (Phi) is 3.88. The van der Waals surface area contributed by atoms with Crippen LogP contribution in [0.1, 0.15) is 29.0 Å². The molecule has 1 aromatic carbocycles. The molecule has 1 amide bonds. The molecule has 0 bridgehead atoms. The van der Waals surface area contributed by atoms with Gasteiger partial charge in [0.05, 0.1) is 0 Å². The number of carbonyl (C=O) groups is 1. The number of benzene rings is 1. The lowest BCUT2D eigenvalue weighted by molar-refractivity contribution is 0.0946. The maximum Gasteiger partial charge on any atom is 0.270 e. The molecule has 1 aromatic heterocycles. The summed E-state index contributed by atoms with van der Waals surface area (Å²) < 4.78 is 0.965. The maximum absolute atomic E-state index is 12.1. The second-order valence-corrected chi connectivity index (χ2v) is 6.02. The summed E-state index contributed by atoms with van der Waals surface area (Å²) in [6.07, 6.45) is 2.11. The number of rotatable bonds is 4. The zero-order valence-corrected chi connectivity index (χ0v) is 13.1. The lowest BCUT2D eigenvalue weighted by Gasteiger charge is -2.08. The number of nitrogens with one attached hydrogen (secondary N) is 2. The highest BCUT2D eigenvalue weighted by Crippen LogP contribution is 2.20. The third-order valence-electron chi connectivity index (χ3n) is 3.08. The van der Waals surface area contributed by atoms with Gasteiger partial charge in [0.15, 0.2) is 0 Å². The van der Waals surface area contributed by atoms with E-state index in [1.165, 1.54) is 0 Å². The number of halogens is 1. The van der Waals surface area contributed by atoms with Crippen molar-refractivity contribution in [3.63, 3.8) is 0 Å². The fourth-order valence-electron chi connectivity index (χ4n) is 1.92. The third-order valence-corrected chi connectivity index (χ3v) is 3.57. The Labute approximate surface area is 131 Å². The summed E-state index contributed by atoms with van der Waals surface area (Å²) in [4.78, 5) is 20.7. The molecule has 1 saturated carbocycles. The van der Waals surface area contributed by atoms with Crippen molar-refractivity contribution >= 4 is 33.5 Å². The first-order chi connectivity index (χ1) is 10.1. The smallest absolute Gasteiger partial charge is 0.270 e. The van der Waals surface area contributed by atoms with Gasteiger partial charge >= 0.3 is 0 Å². The van der Waals surface area contributed by atoms with Gasteiger partial charge in [-0.15, -0.1) is 0 Å². The number of aromatic nitrogens is 2. The van der Waals surface area contributed by atoms with Crippen LogP contribution in [0.15, 0.2) is 34.8 Å². The minimum absolute atomic E-state index is 0.139. The molecule has 0 atom stereocenters. The lowest BCUT2D eigenvalue weighted by atomic mass is 10.3. The molecule has 0 spiro atoms. The predicted molar refractivity (Wildman–Crippen MR) is 84.7 cm³/mol. The zero-order valence-electron chi connectivity index (χ0n) is 11.6. The number of carbonyl (C=O) groups excluding carboxylic acids is 1. The van der Waals surface area contributed by atoms with E-state index in [0.29, 0.717) is 17.7 Å². The highest BCUT2D eigenvalue weighted by Gasteiger charge is 2.24. The Bertz CT molecular complexity index is 685. The summed E-state index contributed by atoms with van der Waals surface area (Å²) in [7, 11) is 0. The van der Waals surface area contributed by atoms with Crippen LogP contribution >= 0.6 is 15.9 Å². The van der Waals surface area contributed by atoms with Crippen molar-refractivity contribution in [3.05, 3.63) is 46.2 Å². The van der Waals surface area contributed by atoms with Crippen LogP contribution in [0.4, 0.5) is 11.6 Å². The molecule has 21 heavy (non-hydrogen) atoms. The predicted octanol–water partition coefficient (Wildman–Crippen LogP) is 3.18. The molecule has 3 rings (SSSR count). The van der Waals surface area contributed by atoms with E-state index >= 15 is 0 Å². The van der Waals surface area contributed by atoms with Crippen molar-refractivity contribution in [1.82, 2.24) is 15.3 Å². The van der Waals surface area contributed by atoms with Gasteiger partial charge < -0.3 is 10.6 Å². The van der Waals surface area contributed by atoms with E-state index in [1.54, 1.807) is 6.07 Å². The molecule has 1 aliphatic carbocycles. The molecule has 108 valence electrons. The van der Waals surface area contributed by atoms with Crippen LogP contribution in [0.5, 0.6) is 0 Å². The van der Waals surface area contributed by atoms with Crippen molar-refractivity contribution in [3.8, 4) is 0 Å². The van der Waals surface area contributed by atoms with Crippen LogP contribution in [0, 0.1) is 6.92 Å². The van der Waals surface area contributed by atoms with E-state index in [-0.39, 0.29) is 5.91 Å². The van der Waals surface area contributed by atoms with E-state index in [0.717, 1.165) is 28.7 Å². The minimum atomic E-state index is -0.139. The Morgan fingerprint density at radius 2 is 2.10 bits per heavy atom. The Morgan fingerprint density at radius 3 is 2.81 bits per heavy atom. The molecule has 1 fully saturated rings. The summed E-state index contributed by atoms with van der Waals surface area (Å²) in [5.41, 5.74) is 2.01. The molecule has 1 aliphatic rings. The number of nitrogens with zero attached hydrogens (tertiary/aromatic N) is 2. The second kappa shape index (κ2) is 5.81. The van der Waals surface area contributed by atoms with E-state index in [2.05, 4.69) is 36.5 Å². The van der Waals surface area contributed by atoms with Gasteiger partial charge in [-0.1, -0.05) is 22.0 Å². The van der Waals surface area contributed by atoms with Gasteiger partial charge in [0.25, 0.3) is 5.91 Å². The third kappa shape index (κ3) is 3.78. The largest absolute Gasteiger partial charge is 0.348 e. The summed E-state index contributed by atoms with van der Waals surface area (Å²) in [6.45, 7) is 1.85. The topological polar surface area (TPSA) is 66.9 Å². The first-order valence-corrected chi connectivity index (χ1v) is 7.58. The summed E-state index contributed by atoms with van der Waals surface area (Å²) in [5.74, 6) is 0.286. The SMILES string of the molecule is Cc1cc(C(=O)NC2CC2)nc(Nc2cccc(Br)c2)n1. The Balaban J connectivity index is 1.81. The first-order valence-electron chi connectivity index (χ1n) is 6.79. The van der Waals surface area contributed by atoms with Gasteiger partial charge in [-0.2, -0.15) is 0 Å². The standard InChI is InChI=1S/C15H15BrN4O/c1-9-7-13(14(21)18-11-5-6-11)20-15(17-9)19-12-4-2-3-10(16)8-12/h2-4,7-8,11H,5-6H2,1H3,(H,18,21)(H,17,19,20). The van der Waals surface area contributed by atoms with Gasteiger partial charge in [-0.25, -0.2) is 9.97 Å². The molecule has 2 N–H and O–H groups in total. The molecule has 0 aliphatic heterocycles. The molecule has 6 heteroatoms. The second-order valence-electron chi connectivity index (χ2n) is 5.10. The molecule has 0 radical (unpaired) electrons. The van der Waals surface area contributed by atoms with E-state index < -0.39 is 0 Å². The van der Waals surface area contributed by atoms with Crippen molar-refractivity contribution in [2.24, 2.45) is 0 Å². The van der Waals surface area contributed by atoms with Gasteiger partial charge in [0, 0.05) is 21.9 Å². The Morgan fingerprint density at radius 1 is 1.29 bits per heavy atom. The summed E-state index contributed by atoms with van der Waals surface area (Å²) >= 11 is 3.42. The number of anilines is 2. The normalized spacial score (nSPS) is 13.8. The minimum Gasteiger partial charge on any atom is -0.348 e. The summed E-state index contributed by atoms with van der Waals surface area (Å²) in [5, 5.41) is 6.05. The van der Waals surface area contributed by atoms with Crippen LogP contribution < -0.4 is 10.6 Å². The van der Waals surface area contributed by atoms with Crippen LogP contribution in [0.3, 0.4) is 0 Å². The quantitative estimate of drug-likeness (QED) is 0.892. The summed E-state index contributed by atoms with van der Waals surface area (Å²) in [6, 6.07) is 9.72. The molecular formula is C15H15BrN4O. The lowest BCUT2D eigenvalue weighted by Crippen LogP contribution is -2.26. The Hall–Kier alpha value is -1.95. The first kappa shape index (κ1) is 14.0. The fraction of sp³-hybridized carbons (Fsp3) is 0.267. The molecule has 0 unspecified atom stereocenters. The van der Waals surface area contributed by atoms with Crippen molar-refractivity contribution in [1.29, 1.82) is 0 Å². The van der Waals surface area contributed by atoms with E-state index in [4.69, 9.17) is 0 Å². The van der Waals surface area contributed by atoms with Crippen LogP contribution in [-0.4, -0.2) is 21.9 Å². The highest BCUT2D eigenvalue weighted by molar-refractivity contribution is 9.10. The fourth-order valence-corrected chi connectivity index (χ4v) is 2.32. The van der Waals surface area contributed by atoms with Gasteiger partial charge in [-0.3, -0.25) is 4.79 Å². The maximum atomic E-state index is 12.1. The van der Waals surface area contributed by atoms with Crippen molar-refractivity contribution in [2.45, 2.75) is 25.8 Å². The molecule has 0 saturated heterocycles. The number of amides is 1. The molecule has 1 heterocycles. The number of hydrogen-bond donors (Lipinski definition) is 2. The van der Waals surface area contributed by atoms with Gasteiger partial charge in [0.2, 0.25) is 5.95 Å². The number of hydrogen-bond acceptors (Lipinski definition) is 4. The van der Waals surface area contributed by atoms with E-state index in [9.17, 15) is 4.79 Å². The van der Waals surface area contributed by atoms with Crippen molar-refractivity contribution in [2.75, 3.05) is 5.32 Å². The highest BCUT2D eigenvalue weighted by atomic mass is 79.9. The molecule has 5 nitrogen and oxygen atoms in total. The van der Waals surface area contributed by atoms with Gasteiger partial charge in [0.1, 0.15) is 5.69 Å². The number of aryl methyl sites for hydroxylation is 1. The average Bonchev–Trinajstić information content (AvgIpc) is 3.22. The van der Waals surface area contributed by atoms with Gasteiger partial charge in [-0.05, 0) is 44.0 Å². The zero-order chi connectivity index (χ0) is 14.8. The monoisotopic (exact) mass is 346 g/mol.